The van der Waals surface area contributed by atoms with E-state index in [1.807, 2.05) is 57.3 Å². The Balaban J connectivity index is 1.77. The number of pyridine rings is 1. The summed E-state index contributed by atoms with van der Waals surface area (Å²) in [6.07, 6.45) is 3.93. The van der Waals surface area contributed by atoms with Crippen molar-refractivity contribution in [1.29, 1.82) is 0 Å². The summed E-state index contributed by atoms with van der Waals surface area (Å²) in [5.41, 5.74) is 4.90. The van der Waals surface area contributed by atoms with E-state index in [-0.39, 0.29) is 23.9 Å². The minimum Gasteiger partial charge on any atom is -0.351 e. The number of carbonyl (C=O) groups is 1. The average molecular weight is 462 g/mol. The second-order valence-corrected chi connectivity index (χ2v) is 9.46. The third kappa shape index (κ3) is 4.50. The Bertz CT molecular complexity index is 1150. The van der Waals surface area contributed by atoms with E-state index >= 15 is 0 Å². The maximum atomic E-state index is 12.2. The summed E-state index contributed by atoms with van der Waals surface area (Å²) < 4.78 is 2.29. The van der Waals surface area contributed by atoms with Crippen LogP contribution in [0.4, 0.5) is 11.4 Å². The van der Waals surface area contributed by atoms with Gasteiger partial charge < -0.3 is 20.1 Å². The molecule has 0 aliphatic carbocycles. The van der Waals surface area contributed by atoms with E-state index in [9.17, 15) is 4.79 Å². The molecule has 33 heavy (non-hydrogen) atoms. The zero-order valence-corrected chi connectivity index (χ0v) is 20.6. The van der Waals surface area contributed by atoms with Crippen LogP contribution in [0.3, 0.4) is 0 Å². The van der Waals surface area contributed by atoms with Crippen molar-refractivity contribution in [2.75, 3.05) is 10.2 Å². The lowest BCUT2D eigenvalue weighted by Gasteiger charge is -2.30. The minimum atomic E-state index is -0.0910. The molecular weight excluding hydrogens is 430 g/mol. The summed E-state index contributed by atoms with van der Waals surface area (Å²) in [6, 6.07) is 16.4. The molecule has 1 saturated heterocycles. The van der Waals surface area contributed by atoms with Gasteiger partial charge in [-0.3, -0.25) is 9.78 Å². The zero-order chi connectivity index (χ0) is 23.7. The Kier molecular flexibility index (Phi) is 6.51. The lowest BCUT2D eigenvalue weighted by atomic mass is 10.00. The molecule has 2 N–H and O–H groups in total. The number of aryl methyl sites for hydroxylation is 1. The standard InChI is InChI=1S/C26H31N5OS/c1-16(2)25(32)28-20-12-11-19(15-18(20)5)31-24(22-10-8-14-30(22)17(3)4)23(29-26(31)33)21-9-6-7-13-27-21/h6-17,23-24H,1-5H3,(H,28,32)(H,29,33)/t23-,24+/m1/s1. The van der Waals surface area contributed by atoms with Crippen LogP contribution in [-0.4, -0.2) is 20.6 Å². The highest BCUT2D eigenvalue weighted by atomic mass is 32.1. The summed E-state index contributed by atoms with van der Waals surface area (Å²) in [6.45, 7) is 10.1. The molecule has 3 aromatic rings. The van der Waals surface area contributed by atoms with E-state index in [1.54, 1.807) is 0 Å². The SMILES string of the molecule is Cc1cc(N2C(=S)N[C@H](c3ccccn3)[C@@H]2c2cccn2C(C)C)ccc1NC(=O)C(C)C. The van der Waals surface area contributed by atoms with E-state index in [4.69, 9.17) is 12.2 Å². The number of nitrogens with one attached hydrogen (secondary N) is 2. The van der Waals surface area contributed by atoms with Crippen LogP contribution >= 0.6 is 12.2 Å². The van der Waals surface area contributed by atoms with E-state index < -0.39 is 0 Å². The first kappa shape index (κ1) is 23.0. The van der Waals surface area contributed by atoms with Gasteiger partial charge in [-0.2, -0.15) is 0 Å². The normalized spacial score (nSPS) is 18.2. The van der Waals surface area contributed by atoms with Crippen molar-refractivity contribution in [1.82, 2.24) is 14.9 Å². The number of aromatic nitrogens is 2. The number of amides is 1. The molecule has 1 aliphatic heterocycles. The molecule has 2 aromatic heterocycles. The van der Waals surface area contributed by atoms with Crippen molar-refractivity contribution < 1.29 is 4.79 Å². The molecule has 172 valence electrons. The zero-order valence-electron chi connectivity index (χ0n) is 19.7. The minimum absolute atomic E-state index is 0.00654. The van der Waals surface area contributed by atoms with Gasteiger partial charge in [0, 0.05) is 41.4 Å². The van der Waals surface area contributed by atoms with Gasteiger partial charge in [0.2, 0.25) is 5.91 Å². The molecule has 1 aliphatic rings. The third-order valence-corrected chi connectivity index (χ3v) is 6.35. The number of hydrogen-bond donors (Lipinski definition) is 2. The van der Waals surface area contributed by atoms with Crippen LogP contribution in [0.5, 0.6) is 0 Å². The van der Waals surface area contributed by atoms with Gasteiger partial charge in [-0.25, -0.2) is 0 Å². The maximum absolute atomic E-state index is 12.2. The van der Waals surface area contributed by atoms with Crippen LogP contribution in [0.1, 0.15) is 62.8 Å². The predicted molar refractivity (Wildman–Crippen MR) is 137 cm³/mol. The lowest BCUT2D eigenvalue weighted by molar-refractivity contribution is -0.118. The summed E-state index contributed by atoms with van der Waals surface area (Å²) in [5.74, 6) is -0.0705. The van der Waals surface area contributed by atoms with Gasteiger partial charge >= 0.3 is 0 Å². The molecule has 2 atom stereocenters. The Labute approximate surface area is 201 Å². The number of carbonyl (C=O) groups excluding carboxylic acids is 1. The Morgan fingerprint density at radius 3 is 2.55 bits per heavy atom. The fourth-order valence-corrected chi connectivity index (χ4v) is 4.62. The average Bonchev–Trinajstić information content (AvgIpc) is 3.40. The summed E-state index contributed by atoms with van der Waals surface area (Å²) in [7, 11) is 0. The van der Waals surface area contributed by atoms with E-state index in [1.165, 1.54) is 5.69 Å². The highest BCUT2D eigenvalue weighted by Gasteiger charge is 2.42. The van der Waals surface area contributed by atoms with Crippen LogP contribution in [0.2, 0.25) is 0 Å². The third-order valence-electron chi connectivity index (χ3n) is 6.04. The molecule has 7 heteroatoms. The molecule has 3 heterocycles. The van der Waals surface area contributed by atoms with Crippen molar-refractivity contribution >= 4 is 34.6 Å². The quantitative estimate of drug-likeness (QED) is 0.472. The van der Waals surface area contributed by atoms with Gasteiger partial charge in [0.15, 0.2) is 5.11 Å². The van der Waals surface area contributed by atoms with Gasteiger partial charge in [-0.1, -0.05) is 19.9 Å². The topological polar surface area (TPSA) is 62.2 Å². The molecule has 1 aromatic carbocycles. The molecule has 0 bridgehead atoms. The van der Waals surface area contributed by atoms with Crippen molar-refractivity contribution in [2.45, 2.75) is 52.7 Å². The van der Waals surface area contributed by atoms with E-state index in [2.05, 4.69) is 63.3 Å². The lowest BCUT2D eigenvalue weighted by Crippen LogP contribution is -2.30. The van der Waals surface area contributed by atoms with Gasteiger partial charge in [0.1, 0.15) is 6.04 Å². The molecule has 0 spiro atoms. The van der Waals surface area contributed by atoms with Gasteiger partial charge in [-0.15, -0.1) is 0 Å². The Hall–Kier alpha value is -3.19. The van der Waals surface area contributed by atoms with Gasteiger partial charge in [0.05, 0.1) is 11.7 Å². The number of anilines is 2. The van der Waals surface area contributed by atoms with Crippen LogP contribution in [0.25, 0.3) is 0 Å². The second-order valence-electron chi connectivity index (χ2n) is 9.07. The summed E-state index contributed by atoms with van der Waals surface area (Å²) in [4.78, 5) is 19.0. The van der Waals surface area contributed by atoms with Crippen molar-refractivity contribution in [2.24, 2.45) is 5.92 Å². The molecule has 1 amide bonds. The van der Waals surface area contributed by atoms with Gasteiger partial charge in [-0.05, 0) is 81.0 Å². The molecule has 1 fully saturated rings. The van der Waals surface area contributed by atoms with Crippen molar-refractivity contribution in [3.63, 3.8) is 0 Å². The maximum Gasteiger partial charge on any atom is 0.226 e. The molecule has 0 unspecified atom stereocenters. The number of thiocarbonyl (C=S) groups is 1. The first-order valence-electron chi connectivity index (χ1n) is 11.4. The first-order valence-corrected chi connectivity index (χ1v) is 11.8. The van der Waals surface area contributed by atoms with Crippen LogP contribution < -0.4 is 15.5 Å². The number of rotatable bonds is 6. The Morgan fingerprint density at radius 2 is 1.91 bits per heavy atom. The molecule has 6 nitrogen and oxygen atoms in total. The fourth-order valence-electron chi connectivity index (χ4n) is 4.28. The van der Waals surface area contributed by atoms with E-state index in [0.29, 0.717) is 11.2 Å². The van der Waals surface area contributed by atoms with Crippen LogP contribution in [0, 0.1) is 12.8 Å². The fraction of sp³-hybridized carbons (Fsp3) is 0.346. The van der Waals surface area contributed by atoms with Crippen LogP contribution in [0.15, 0.2) is 60.9 Å². The highest BCUT2D eigenvalue weighted by Crippen LogP contribution is 2.42. The molecule has 0 radical (unpaired) electrons. The second kappa shape index (κ2) is 9.35. The smallest absolute Gasteiger partial charge is 0.226 e. The Morgan fingerprint density at radius 1 is 1.12 bits per heavy atom. The predicted octanol–water partition coefficient (Wildman–Crippen LogP) is 5.54. The van der Waals surface area contributed by atoms with Crippen LogP contribution in [-0.2, 0) is 4.79 Å². The molecule has 0 saturated carbocycles. The van der Waals surface area contributed by atoms with E-state index in [0.717, 1.165) is 22.6 Å². The largest absolute Gasteiger partial charge is 0.351 e. The summed E-state index contributed by atoms with van der Waals surface area (Å²) >= 11 is 5.85. The summed E-state index contributed by atoms with van der Waals surface area (Å²) in [5, 5.41) is 7.19. The monoisotopic (exact) mass is 461 g/mol. The molecular formula is C26H31N5OS. The number of hydrogen-bond acceptors (Lipinski definition) is 3. The van der Waals surface area contributed by atoms with Gasteiger partial charge in [0.25, 0.3) is 0 Å². The molecule has 4 rings (SSSR count). The number of nitrogens with zero attached hydrogens (tertiary/aromatic N) is 3. The number of benzene rings is 1. The first-order chi connectivity index (χ1) is 15.8. The van der Waals surface area contributed by atoms with Crippen molar-refractivity contribution in [3.05, 3.63) is 77.9 Å². The highest BCUT2D eigenvalue weighted by molar-refractivity contribution is 7.80. The van der Waals surface area contributed by atoms with Crippen molar-refractivity contribution in [3.8, 4) is 0 Å².